The summed E-state index contributed by atoms with van der Waals surface area (Å²) in [5.41, 5.74) is 2.13. The summed E-state index contributed by atoms with van der Waals surface area (Å²) in [7, 11) is 0. The van der Waals surface area contributed by atoms with Gasteiger partial charge in [-0.1, -0.05) is 74.5 Å². The normalized spacial score (nSPS) is 14.2. The Morgan fingerprint density at radius 2 is 1.25 bits per heavy atom. The van der Waals surface area contributed by atoms with Crippen LogP contribution in [-0.2, 0) is 0 Å². The van der Waals surface area contributed by atoms with E-state index in [9.17, 15) is 5.11 Å². The Kier molecular flexibility index (Phi) is 5.33. The van der Waals surface area contributed by atoms with E-state index in [-0.39, 0.29) is 6.04 Å². The van der Waals surface area contributed by atoms with Gasteiger partial charge in [0.05, 0.1) is 12.1 Å². The van der Waals surface area contributed by atoms with Crippen molar-refractivity contribution in [2.24, 2.45) is 0 Å². The number of aliphatic hydroxyl groups excluding tert-OH is 1. The summed E-state index contributed by atoms with van der Waals surface area (Å²) in [5.74, 6) is 0. The van der Waals surface area contributed by atoms with Crippen LogP contribution < -0.4 is 0 Å². The zero-order chi connectivity index (χ0) is 14.4. The lowest BCUT2D eigenvalue weighted by atomic mass is 9.94. The Morgan fingerprint density at radius 1 is 0.800 bits per heavy atom. The standard InChI is InChI=1S/C18H23NO/c1-3-19(4-2)17(15-11-7-5-8-12-15)18(20)16-13-9-6-10-14-16/h5-14,17-18,20H,3-4H2,1-2H3/t17-,18+/m1/s1. The van der Waals surface area contributed by atoms with E-state index in [0.29, 0.717) is 0 Å². The summed E-state index contributed by atoms with van der Waals surface area (Å²) in [6.07, 6.45) is -0.515. The van der Waals surface area contributed by atoms with Crippen LogP contribution in [0.4, 0.5) is 0 Å². The molecule has 0 unspecified atom stereocenters. The highest BCUT2D eigenvalue weighted by atomic mass is 16.3. The second-order valence-corrected chi connectivity index (χ2v) is 4.93. The van der Waals surface area contributed by atoms with Gasteiger partial charge in [-0.3, -0.25) is 4.90 Å². The topological polar surface area (TPSA) is 23.5 Å². The maximum absolute atomic E-state index is 10.8. The SMILES string of the molecule is CCN(CC)[C@H](c1ccccc1)[C@@H](O)c1ccccc1. The largest absolute Gasteiger partial charge is 0.386 e. The molecule has 2 rings (SSSR count). The zero-order valence-corrected chi connectivity index (χ0v) is 12.2. The van der Waals surface area contributed by atoms with Gasteiger partial charge in [-0.15, -0.1) is 0 Å². The third-order valence-corrected chi connectivity index (χ3v) is 3.79. The first-order valence-electron chi connectivity index (χ1n) is 7.30. The second-order valence-electron chi connectivity index (χ2n) is 4.93. The van der Waals surface area contributed by atoms with Gasteiger partial charge in [0.25, 0.3) is 0 Å². The number of aliphatic hydroxyl groups is 1. The summed E-state index contributed by atoms with van der Waals surface area (Å²) in [4.78, 5) is 2.30. The van der Waals surface area contributed by atoms with Gasteiger partial charge >= 0.3 is 0 Å². The highest BCUT2D eigenvalue weighted by molar-refractivity contribution is 5.26. The molecule has 0 fully saturated rings. The van der Waals surface area contributed by atoms with Crippen molar-refractivity contribution in [3.63, 3.8) is 0 Å². The molecule has 0 saturated heterocycles. The fourth-order valence-electron chi connectivity index (χ4n) is 2.69. The van der Waals surface area contributed by atoms with E-state index >= 15 is 0 Å². The van der Waals surface area contributed by atoms with Crippen molar-refractivity contribution in [3.8, 4) is 0 Å². The maximum Gasteiger partial charge on any atom is 0.0986 e. The van der Waals surface area contributed by atoms with Crippen molar-refractivity contribution in [1.29, 1.82) is 0 Å². The van der Waals surface area contributed by atoms with Crippen LogP contribution in [0.2, 0.25) is 0 Å². The van der Waals surface area contributed by atoms with Crippen LogP contribution >= 0.6 is 0 Å². The number of rotatable bonds is 6. The molecule has 20 heavy (non-hydrogen) atoms. The number of benzene rings is 2. The summed E-state index contributed by atoms with van der Waals surface area (Å²) in [6.45, 7) is 6.11. The molecule has 2 atom stereocenters. The quantitative estimate of drug-likeness (QED) is 0.862. The first kappa shape index (κ1) is 14.8. The van der Waals surface area contributed by atoms with Crippen molar-refractivity contribution >= 4 is 0 Å². The molecule has 2 aromatic carbocycles. The van der Waals surface area contributed by atoms with E-state index in [0.717, 1.165) is 24.2 Å². The van der Waals surface area contributed by atoms with Crippen LogP contribution in [-0.4, -0.2) is 23.1 Å². The second kappa shape index (κ2) is 7.22. The fourth-order valence-corrected chi connectivity index (χ4v) is 2.69. The lowest BCUT2D eigenvalue weighted by Crippen LogP contribution is -2.32. The molecule has 2 nitrogen and oxygen atoms in total. The zero-order valence-electron chi connectivity index (χ0n) is 12.2. The van der Waals surface area contributed by atoms with Gasteiger partial charge in [0.2, 0.25) is 0 Å². The van der Waals surface area contributed by atoms with Gasteiger partial charge in [-0.2, -0.15) is 0 Å². The van der Waals surface area contributed by atoms with Crippen molar-refractivity contribution in [2.45, 2.75) is 26.0 Å². The van der Waals surface area contributed by atoms with Crippen molar-refractivity contribution in [3.05, 3.63) is 71.8 Å². The monoisotopic (exact) mass is 269 g/mol. The van der Waals surface area contributed by atoms with E-state index in [4.69, 9.17) is 0 Å². The molecule has 0 saturated carbocycles. The van der Waals surface area contributed by atoms with Crippen molar-refractivity contribution in [2.75, 3.05) is 13.1 Å². The summed E-state index contributed by atoms with van der Waals surface area (Å²) in [6, 6.07) is 20.2. The van der Waals surface area contributed by atoms with Crippen LogP contribution in [0.1, 0.15) is 37.1 Å². The van der Waals surface area contributed by atoms with E-state index in [2.05, 4.69) is 30.9 Å². The molecule has 1 N–H and O–H groups in total. The molecule has 0 bridgehead atoms. The molecule has 0 heterocycles. The molecule has 0 aliphatic heterocycles. The number of likely N-dealkylation sites (N-methyl/N-ethyl adjacent to an activating group) is 1. The summed E-state index contributed by atoms with van der Waals surface area (Å²) < 4.78 is 0. The summed E-state index contributed by atoms with van der Waals surface area (Å²) in [5, 5.41) is 10.8. The lowest BCUT2D eigenvalue weighted by molar-refractivity contribution is 0.0528. The highest BCUT2D eigenvalue weighted by Gasteiger charge is 2.26. The minimum absolute atomic E-state index is 0.00593. The molecule has 0 aliphatic rings. The highest BCUT2D eigenvalue weighted by Crippen LogP contribution is 2.33. The Labute approximate surface area is 121 Å². The molecular weight excluding hydrogens is 246 g/mol. The smallest absolute Gasteiger partial charge is 0.0986 e. The van der Waals surface area contributed by atoms with Gasteiger partial charge in [0.15, 0.2) is 0 Å². The maximum atomic E-state index is 10.8. The predicted octanol–water partition coefficient (Wildman–Crippen LogP) is 3.80. The molecule has 0 radical (unpaired) electrons. The number of hydrogen-bond acceptors (Lipinski definition) is 2. The number of nitrogens with zero attached hydrogens (tertiary/aromatic N) is 1. The molecule has 0 amide bonds. The molecular formula is C18H23NO. The van der Waals surface area contributed by atoms with Crippen LogP contribution in [0.15, 0.2) is 60.7 Å². The van der Waals surface area contributed by atoms with Gasteiger partial charge in [0, 0.05) is 0 Å². The predicted molar refractivity (Wildman–Crippen MR) is 83.5 cm³/mol. The summed E-state index contributed by atoms with van der Waals surface area (Å²) >= 11 is 0. The van der Waals surface area contributed by atoms with Crippen molar-refractivity contribution < 1.29 is 5.11 Å². The molecule has 106 valence electrons. The van der Waals surface area contributed by atoms with E-state index < -0.39 is 6.10 Å². The van der Waals surface area contributed by atoms with Crippen LogP contribution in [0, 0.1) is 0 Å². The Hall–Kier alpha value is -1.64. The molecule has 2 aromatic rings. The van der Waals surface area contributed by atoms with Crippen molar-refractivity contribution in [1.82, 2.24) is 4.90 Å². The van der Waals surface area contributed by atoms with Gasteiger partial charge in [-0.05, 0) is 24.2 Å². The van der Waals surface area contributed by atoms with Gasteiger partial charge in [0.1, 0.15) is 0 Å². The molecule has 0 spiro atoms. The minimum atomic E-state index is -0.515. The number of hydrogen-bond donors (Lipinski definition) is 1. The molecule has 0 aliphatic carbocycles. The Morgan fingerprint density at radius 3 is 1.70 bits per heavy atom. The van der Waals surface area contributed by atoms with E-state index in [1.807, 2.05) is 48.5 Å². The average molecular weight is 269 g/mol. The molecule has 0 aromatic heterocycles. The lowest BCUT2D eigenvalue weighted by Gasteiger charge is -2.34. The van der Waals surface area contributed by atoms with E-state index in [1.165, 1.54) is 0 Å². The Balaban J connectivity index is 2.36. The fraction of sp³-hybridized carbons (Fsp3) is 0.333. The van der Waals surface area contributed by atoms with E-state index in [1.54, 1.807) is 0 Å². The third-order valence-electron chi connectivity index (χ3n) is 3.79. The minimum Gasteiger partial charge on any atom is -0.386 e. The first-order chi connectivity index (χ1) is 9.77. The van der Waals surface area contributed by atoms with Gasteiger partial charge in [-0.25, -0.2) is 0 Å². The van der Waals surface area contributed by atoms with Crippen LogP contribution in [0.25, 0.3) is 0 Å². The Bertz CT molecular complexity index is 493. The van der Waals surface area contributed by atoms with Crippen LogP contribution in [0.5, 0.6) is 0 Å². The van der Waals surface area contributed by atoms with Crippen LogP contribution in [0.3, 0.4) is 0 Å². The third kappa shape index (κ3) is 3.27. The molecule has 2 heteroatoms. The first-order valence-corrected chi connectivity index (χ1v) is 7.30. The van der Waals surface area contributed by atoms with Gasteiger partial charge < -0.3 is 5.11 Å². The average Bonchev–Trinajstić information content (AvgIpc) is 2.53.